The van der Waals surface area contributed by atoms with E-state index in [4.69, 9.17) is 14.5 Å². The predicted molar refractivity (Wildman–Crippen MR) is 177 cm³/mol. The molecule has 1 fully saturated rings. The van der Waals surface area contributed by atoms with Crippen LogP contribution in [-0.4, -0.2) is 68.2 Å². The molecule has 2 aromatic rings. The molecule has 3 rings (SSSR count). The van der Waals surface area contributed by atoms with Crippen LogP contribution in [0.2, 0.25) is 0 Å². The van der Waals surface area contributed by atoms with Crippen LogP contribution in [0.4, 0.5) is 20.2 Å². The molecule has 0 aliphatic carbocycles. The number of ketones is 1. The first-order valence-electron chi connectivity index (χ1n) is 15.1. The van der Waals surface area contributed by atoms with Gasteiger partial charge in [-0.1, -0.05) is 30.4 Å². The quantitative estimate of drug-likeness (QED) is 0.112. The van der Waals surface area contributed by atoms with Crippen molar-refractivity contribution in [3.63, 3.8) is 0 Å². The van der Waals surface area contributed by atoms with Gasteiger partial charge < -0.3 is 19.3 Å². The molecule has 9 heteroatoms. The van der Waals surface area contributed by atoms with Gasteiger partial charge in [-0.05, 0) is 84.3 Å². The van der Waals surface area contributed by atoms with Crippen molar-refractivity contribution in [1.29, 1.82) is 0 Å². The number of carbonyl (C=O) groups is 1. The molecule has 1 saturated heterocycles. The maximum atomic E-state index is 14.8. The van der Waals surface area contributed by atoms with Crippen LogP contribution in [0.3, 0.4) is 0 Å². The smallest absolute Gasteiger partial charge is 0.256 e. The molecule has 1 aliphatic heterocycles. The lowest BCUT2D eigenvalue weighted by atomic mass is 9.97. The number of alkyl halides is 2. The van der Waals surface area contributed by atoms with Crippen LogP contribution in [0.5, 0.6) is 11.5 Å². The molecule has 44 heavy (non-hydrogen) atoms. The first-order chi connectivity index (χ1) is 20.7. The maximum Gasteiger partial charge on any atom is 0.256 e. The summed E-state index contributed by atoms with van der Waals surface area (Å²) in [5.74, 6) is -4.26. The summed E-state index contributed by atoms with van der Waals surface area (Å²) in [6, 6.07) is 11.0. The second-order valence-corrected chi connectivity index (χ2v) is 11.5. The Kier molecular flexibility index (Phi) is 12.0. The summed E-state index contributed by atoms with van der Waals surface area (Å²) in [5, 5.41) is 0. The zero-order valence-corrected chi connectivity index (χ0v) is 27.3. The number of halogens is 2. The van der Waals surface area contributed by atoms with E-state index < -0.39 is 11.8 Å². The normalized spacial score (nSPS) is 16.1. The van der Waals surface area contributed by atoms with Crippen molar-refractivity contribution < 1.29 is 23.0 Å². The number of benzene rings is 2. The van der Waals surface area contributed by atoms with E-state index in [-0.39, 0.29) is 23.3 Å². The van der Waals surface area contributed by atoms with E-state index >= 15 is 0 Å². The van der Waals surface area contributed by atoms with Crippen molar-refractivity contribution in [3.8, 4) is 11.5 Å². The van der Waals surface area contributed by atoms with Crippen molar-refractivity contribution in [2.75, 3.05) is 44.7 Å². The summed E-state index contributed by atoms with van der Waals surface area (Å²) in [5.41, 5.74) is 4.11. The Bertz CT molecular complexity index is 1430. The van der Waals surface area contributed by atoms with Crippen LogP contribution in [0.15, 0.2) is 70.2 Å². The van der Waals surface area contributed by atoms with Crippen molar-refractivity contribution >= 4 is 28.9 Å². The van der Waals surface area contributed by atoms with Crippen LogP contribution < -0.4 is 14.4 Å². The number of likely N-dealkylation sites (N-methyl/N-ethyl adjacent to an activating group) is 1. The molecule has 0 spiro atoms. The van der Waals surface area contributed by atoms with Crippen molar-refractivity contribution in [1.82, 2.24) is 4.90 Å². The third kappa shape index (κ3) is 9.08. The molecule has 0 N–H and O–H groups in total. The van der Waals surface area contributed by atoms with E-state index in [0.717, 1.165) is 49.9 Å². The fraction of sp³-hybridized carbons (Fsp3) is 0.457. The molecule has 0 aromatic heterocycles. The molecule has 1 atom stereocenters. The number of nitrogens with zero attached hydrogens (tertiary/aromatic N) is 4. The van der Waals surface area contributed by atoms with Gasteiger partial charge in [-0.2, -0.15) is 4.99 Å². The number of aliphatic imine (C=N–C) groups is 2. The van der Waals surface area contributed by atoms with Gasteiger partial charge in [0.1, 0.15) is 17.2 Å². The fourth-order valence-electron chi connectivity index (χ4n) is 4.71. The summed E-state index contributed by atoms with van der Waals surface area (Å²) in [6.07, 6.45) is 2.49. The Morgan fingerprint density at radius 3 is 2.36 bits per heavy atom. The minimum atomic E-state index is -3.17. The zero-order chi connectivity index (χ0) is 32.6. The van der Waals surface area contributed by atoms with Gasteiger partial charge in [0.15, 0.2) is 11.6 Å². The van der Waals surface area contributed by atoms with Crippen LogP contribution >= 0.6 is 0 Å². The molecule has 1 heterocycles. The van der Waals surface area contributed by atoms with Crippen LogP contribution in [-0.2, 0) is 6.42 Å². The predicted octanol–water partition coefficient (Wildman–Crippen LogP) is 7.92. The van der Waals surface area contributed by atoms with Gasteiger partial charge in [-0.25, -0.2) is 13.8 Å². The standard InChI is InChI=1S/C35H46F2N4O3/c1-10-24(5)21-27-13-12-14-30(32(27)26(7)42)44-34(25(6)35(8,36)37)39-33(23(3)4)38-29-16-15-28(22-31(29)43-11-2)41-19-17-40(9)18-20-41/h10,12-16,22,25H,3,11,17-21H2,1-2,4-9H3. The lowest BCUT2D eigenvalue weighted by Crippen LogP contribution is -2.44. The number of hydrogen-bond acceptors (Lipinski definition) is 6. The molecule has 0 radical (unpaired) electrons. The minimum absolute atomic E-state index is 0.120. The highest BCUT2D eigenvalue weighted by molar-refractivity contribution is 6.07. The molecule has 0 bridgehead atoms. The molecule has 1 unspecified atom stereocenters. The number of Topliss-reactive ketones (excluding diaryl/α,β-unsaturated/α-hetero) is 1. The number of anilines is 1. The number of hydrogen-bond donors (Lipinski definition) is 0. The molecule has 1 aliphatic rings. The Morgan fingerprint density at radius 1 is 1.11 bits per heavy atom. The van der Waals surface area contributed by atoms with Crippen LogP contribution in [0.1, 0.15) is 64.4 Å². The molecule has 2 aromatic carbocycles. The van der Waals surface area contributed by atoms with E-state index in [9.17, 15) is 13.6 Å². The Hall–Kier alpha value is -3.85. The topological polar surface area (TPSA) is 66.7 Å². The number of carbonyl (C=O) groups excluding carboxylic acids is 1. The van der Waals surface area contributed by atoms with Crippen molar-refractivity contribution in [2.24, 2.45) is 15.9 Å². The van der Waals surface area contributed by atoms with E-state index in [1.807, 2.05) is 51.1 Å². The SMILES string of the molecule is C=C(C)C(=Nc1ccc(N2CCN(C)CC2)cc1OCC)N=C(Oc1cccc(CC(C)=CC)c1C(C)=O)C(C)C(C)(F)F. The first-order valence-corrected chi connectivity index (χ1v) is 15.1. The third-order valence-corrected chi connectivity index (χ3v) is 7.71. The maximum absolute atomic E-state index is 14.8. The lowest BCUT2D eigenvalue weighted by molar-refractivity contribution is -0.0114. The number of rotatable bonds is 11. The fourth-order valence-corrected chi connectivity index (χ4v) is 4.71. The highest BCUT2D eigenvalue weighted by Crippen LogP contribution is 2.34. The largest absolute Gasteiger partial charge is 0.492 e. The van der Waals surface area contributed by atoms with E-state index in [0.29, 0.717) is 35.6 Å². The van der Waals surface area contributed by atoms with E-state index in [1.54, 1.807) is 19.1 Å². The number of ether oxygens (including phenoxy) is 2. The van der Waals surface area contributed by atoms with Gasteiger partial charge in [-0.3, -0.25) is 4.79 Å². The van der Waals surface area contributed by atoms with Crippen molar-refractivity contribution in [3.05, 3.63) is 71.3 Å². The number of allylic oxidation sites excluding steroid dienone is 2. The van der Waals surface area contributed by atoms with Gasteiger partial charge in [0, 0.05) is 44.9 Å². The van der Waals surface area contributed by atoms with Crippen molar-refractivity contribution in [2.45, 2.75) is 60.8 Å². The molecular weight excluding hydrogens is 562 g/mol. The summed E-state index contributed by atoms with van der Waals surface area (Å²) in [6.45, 7) is 19.2. The molecular formula is C35H46F2N4O3. The van der Waals surface area contributed by atoms with E-state index in [2.05, 4.69) is 28.4 Å². The molecule has 0 saturated carbocycles. The van der Waals surface area contributed by atoms with Gasteiger partial charge in [-0.15, -0.1) is 0 Å². The summed E-state index contributed by atoms with van der Waals surface area (Å²) in [7, 11) is 2.11. The zero-order valence-electron chi connectivity index (χ0n) is 27.3. The average molecular weight is 609 g/mol. The van der Waals surface area contributed by atoms with Gasteiger partial charge in [0.05, 0.1) is 18.1 Å². The number of amidine groups is 1. The van der Waals surface area contributed by atoms with Gasteiger partial charge in [0.2, 0.25) is 5.90 Å². The van der Waals surface area contributed by atoms with Gasteiger partial charge in [0.25, 0.3) is 5.92 Å². The van der Waals surface area contributed by atoms with Gasteiger partial charge >= 0.3 is 0 Å². The van der Waals surface area contributed by atoms with Crippen LogP contribution in [0.25, 0.3) is 0 Å². The summed E-state index contributed by atoms with van der Waals surface area (Å²) >= 11 is 0. The lowest BCUT2D eigenvalue weighted by Gasteiger charge is -2.34. The second-order valence-electron chi connectivity index (χ2n) is 11.5. The minimum Gasteiger partial charge on any atom is -0.492 e. The monoisotopic (exact) mass is 608 g/mol. The van der Waals surface area contributed by atoms with E-state index in [1.165, 1.54) is 13.8 Å². The molecule has 0 amide bonds. The third-order valence-electron chi connectivity index (χ3n) is 7.71. The molecule has 238 valence electrons. The van der Waals surface area contributed by atoms with Crippen LogP contribution in [0, 0.1) is 5.92 Å². The molecule has 7 nitrogen and oxygen atoms in total. The Balaban J connectivity index is 2.12. The highest BCUT2D eigenvalue weighted by atomic mass is 19.3. The first kappa shape index (κ1) is 34.6. The average Bonchev–Trinajstić information content (AvgIpc) is 2.96. The Labute approximate surface area is 261 Å². The Morgan fingerprint density at radius 2 is 1.80 bits per heavy atom. The summed E-state index contributed by atoms with van der Waals surface area (Å²) < 4.78 is 41.6. The second kappa shape index (κ2) is 15.2. The highest BCUT2D eigenvalue weighted by Gasteiger charge is 2.37. The number of piperazine rings is 1. The summed E-state index contributed by atoms with van der Waals surface area (Å²) in [4.78, 5) is 26.6.